The quantitative estimate of drug-likeness (QED) is 0.438. The molecular weight excluding hydrogens is 528 g/mol. The van der Waals surface area contributed by atoms with Crippen LogP contribution < -0.4 is 9.80 Å². The summed E-state index contributed by atoms with van der Waals surface area (Å²) >= 11 is 0. The van der Waals surface area contributed by atoms with Crippen LogP contribution in [-0.4, -0.2) is 61.5 Å². The molecule has 2 heterocycles. The second-order valence-corrected chi connectivity index (χ2v) is 13.1. The summed E-state index contributed by atoms with van der Waals surface area (Å²) in [4.78, 5) is 31.3. The molecule has 7 nitrogen and oxygen atoms in total. The van der Waals surface area contributed by atoms with Crippen molar-refractivity contribution in [2.24, 2.45) is 0 Å². The molecule has 3 saturated carbocycles. The SMILES string of the molecule is COC(=O)OC1C(=O)C(c2ccc3c(c2)CCN3C2CCCCC2)C(O)C1c1ccc2c(c1)CCN2C1CCCCC1. The minimum absolute atomic E-state index is 0.260. The van der Waals surface area contributed by atoms with Crippen molar-refractivity contribution in [1.82, 2.24) is 0 Å². The third-order valence-corrected chi connectivity index (χ3v) is 10.9. The molecule has 3 aliphatic carbocycles. The number of rotatable bonds is 5. The molecule has 1 N–H and O–H groups in total. The van der Waals surface area contributed by atoms with Gasteiger partial charge in [-0.25, -0.2) is 4.79 Å². The number of anilines is 2. The highest BCUT2D eigenvalue weighted by molar-refractivity contribution is 5.95. The van der Waals surface area contributed by atoms with Gasteiger partial charge in [0.1, 0.15) is 0 Å². The molecule has 0 saturated heterocycles. The number of aliphatic hydroxyl groups excluding tert-OH is 1. The smallest absolute Gasteiger partial charge is 0.438 e. The predicted octanol–water partition coefficient (Wildman–Crippen LogP) is 6.04. The van der Waals surface area contributed by atoms with E-state index in [-0.39, 0.29) is 5.78 Å². The lowest BCUT2D eigenvalue weighted by Gasteiger charge is -2.33. The van der Waals surface area contributed by atoms with Crippen molar-refractivity contribution < 1.29 is 24.2 Å². The molecular formula is C35H44N2O5. The van der Waals surface area contributed by atoms with E-state index in [9.17, 15) is 14.7 Å². The van der Waals surface area contributed by atoms with E-state index in [1.165, 1.54) is 93.8 Å². The van der Waals surface area contributed by atoms with Crippen LogP contribution in [0.5, 0.6) is 0 Å². The van der Waals surface area contributed by atoms with E-state index in [0.29, 0.717) is 12.1 Å². The Morgan fingerprint density at radius 2 is 1.31 bits per heavy atom. The van der Waals surface area contributed by atoms with Gasteiger partial charge in [-0.15, -0.1) is 0 Å². The summed E-state index contributed by atoms with van der Waals surface area (Å²) in [6.07, 6.45) is 11.7. The number of aliphatic hydroxyl groups is 1. The van der Waals surface area contributed by atoms with Gasteiger partial charge in [0.05, 0.1) is 25.0 Å². The fourth-order valence-electron chi connectivity index (χ4n) is 8.76. The number of Topliss-reactive ketones (excluding diaryl/α,β-unsaturated/α-hetero) is 1. The van der Waals surface area contributed by atoms with Crippen molar-refractivity contribution in [3.05, 3.63) is 58.7 Å². The van der Waals surface area contributed by atoms with Gasteiger partial charge in [0, 0.05) is 36.5 Å². The highest BCUT2D eigenvalue weighted by Crippen LogP contribution is 2.46. The lowest BCUT2D eigenvalue weighted by atomic mass is 9.87. The summed E-state index contributed by atoms with van der Waals surface area (Å²) < 4.78 is 10.4. The first-order valence-corrected chi connectivity index (χ1v) is 16.3. The van der Waals surface area contributed by atoms with Crippen molar-refractivity contribution in [2.75, 3.05) is 30.0 Å². The van der Waals surface area contributed by atoms with E-state index in [4.69, 9.17) is 9.47 Å². The number of hydrogen-bond donors (Lipinski definition) is 1. The average molecular weight is 573 g/mol. The Morgan fingerprint density at radius 3 is 1.86 bits per heavy atom. The summed E-state index contributed by atoms with van der Waals surface area (Å²) in [6.45, 7) is 2.02. The highest BCUT2D eigenvalue weighted by Gasteiger charge is 2.53. The summed E-state index contributed by atoms with van der Waals surface area (Å²) in [6, 6.07) is 13.8. The largest absolute Gasteiger partial charge is 0.508 e. The van der Waals surface area contributed by atoms with Crippen LogP contribution in [0.2, 0.25) is 0 Å². The number of carbonyl (C=O) groups excluding carboxylic acids is 2. The zero-order valence-corrected chi connectivity index (χ0v) is 24.8. The summed E-state index contributed by atoms with van der Waals surface area (Å²) in [5.41, 5.74) is 6.69. The van der Waals surface area contributed by atoms with E-state index < -0.39 is 30.2 Å². The van der Waals surface area contributed by atoms with Gasteiger partial charge < -0.3 is 24.4 Å². The molecule has 42 heavy (non-hydrogen) atoms. The maximum Gasteiger partial charge on any atom is 0.508 e. The summed E-state index contributed by atoms with van der Waals surface area (Å²) in [7, 11) is 1.25. The Labute approximate surface area is 249 Å². The van der Waals surface area contributed by atoms with E-state index in [0.717, 1.165) is 37.1 Å². The van der Waals surface area contributed by atoms with Crippen LogP contribution in [0.1, 0.15) is 98.3 Å². The fourth-order valence-corrected chi connectivity index (χ4v) is 8.76. The van der Waals surface area contributed by atoms with Crippen molar-refractivity contribution in [3.63, 3.8) is 0 Å². The third-order valence-electron chi connectivity index (χ3n) is 10.9. The van der Waals surface area contributed by atoms with Crippen molar-refractivity contribution >= 4 is 23.3 Å². The molecule has 5 aliphatic rings. The van der Waals surface area contributed by atoms with E-state index >= 15 is 0 Å². The number of benzene rings is 2. The Morgan fingerprint density at radius 1 is 0.786 bits per heavy atom. The molecule has 2 aliphatic heterocycles. The first kappa shape index (κ1) is 27.8. The van der Waals surface area contributed by atoms with Crippen LogP contribution in [-0.2, 0) is 27.1 Å². The van der Waals surface area contributed by atoms with E-state index in [2.05, 4.69) is 34.1 Å². The third kappa shape index (κ3) is 4.87. The number of carbonyl (C=O) groups is 2. The van der Waals surface area contributed by atoms with Gasteiger partial charge in [-0.3, -0.25) is 4.79 Å². The summed E-state index contributed by atoms with van der Waals surface area (Å²) in [5, 5.41) is 11.8. The second kappa shape index (κ2) is 11.6. The van der Waals surface area contributed by atoms with Gasteiger partial charge in [-0.05, 0) is 72.9 Å². The Hall–Kier alpha value is -3.06. The van der Waals surface area contributed by atoms with Crippen LogP contribution in [0, 0.1) is 0 Å². The number of ketones is 1. The molecule has 2 aromatic rings. The summed E-state index contributed by atoms with van der Waals surface area (Å²) in [5.74, 6) is -1.67. The van der Waals surface area contributed by atoms with Gasteiger partial charge >= 0.3 is 6.16 Å². The highest BCUT2D eigenvalue weighted by atomic mass is 16.7. The minimum Gasteiger partial charge on any atom is -0.438 e. The molecule has 0 spiro atoms. The topological polar surface area (TPSA) is 79.3 Å². The number of hydrogen-bond acceptors (Lipinski definition) is 7. The standard InChI is InChI=1S/C35H44N2O5/c1-41-35(40)42-34-31(25-13-15-29-23(21-25)17-19-37(29)27-10-6-3-7-11-27)32(38)30(33(34)39)24-12-14-28-22(20-24)16-18-36(28)26-8-4-2-5-9-26/h12-15,20-21,26-27,30-32,34,38H,2-11,16-19H2,1H3. The molecule has 7 heteroatoms. The molecule has 4 unspecified atom stereocenters. The zero-order chi connectivity index (χ0) is 28.8. The molecule has 3 fully saturated rings. The first-order chi connectivity index (χ1) is 20.5. The fraction of sp³-hybridized carbons (Fsp3) is 0.600. The number of ether oxygens (including phenoxy) is 2. The minimum atomic E-state index is -1.10. The van der Waals surface area contributed by atoms with Crippen molar-refractivity contribution in [1.29, 1.82) is 0 Å². The molecule has 0 bridgehead atoms. The average Bonchev–Trinajstić information content (AvgIpc) is 3.71. The van der Waals surface area contributed by atoms with E-state index in [1.54, 1.807) is 0 Å². The molecule has 0 amide bonds. The van der Waals surface area contributed by atoms with Crippen LogP contribution in [0.15, 0.2) is 36.4 Å². The second-order valence-electron chi connectivity index (χ2n) is 13.1. The van der Waals surface area contributed by atoms with Crippen molar-refractivity contribution in [2.45, 2.75) is 113 Å². The maximum atomic E-state index is 13.9. The lowest BCUT2D eigenvalue weighted by Crippen LogP contribution is -2.35. The first-order valence-electron chi connectivity index (χ1n) is 16.3. The number of fused-ring (bicyclic) bond motifs is 2. The molecule has 0 aromatic heterocycles. The molecule has 7 rings (SSSR count). The molecule has 4 atom stereocenters. The Bertz CT molecular complexity index is 1330. The normalized spacial score (nSPS) is 28.2. The van der Waals surface area contributed by atoms with E-state index in [1.807, 2.05) is 12.1 Å². The zero-order valence-electron chi connectivity index (χ0n) is 24.8. The molecule has 0 radical (unpaired) electrons. The Kier molecular flexibility index (Phi) is 7.63. The van der Waals surface area contributed by atoms with Gasteiger partial charge in [-0.1, -0.05) is 62.8 Å². The van der Waals surface area contributed by atoms with Gasteiger partial charge in [0.15, 0.2) is 11.9 Å². The van der Waals surface area contributed by atoms with Crippen LogP contribution in [0.4, 0.5) is 16.2 Å². The predicted molar refractivity (Wildman–Crippen MR) is 163 cm³/mol. The van der Waals surface area contributed by atoms with Gasteiger partial charge in [-0.2, -0.15) is 0 Å². The van der Waals surface area contributed by atoms with Crippen LogP contribution in [0.25, 0.3) is 0 Å². The Balaban J connectivity index is 1.17. The number of nitrogens with zero attached hydrogens (tertiary/aromatic N) is 2. The maximum absolute atomic E-state index is 13.9. The van der Waals surface area contributed by atoms with Crippen molar-refractivity contribution in [3.8, 4) is 0 Å². The van der Waals surface area contributed by atoms with Crippen LogP contribution >= 0.6 is 0 Å². The lowest BCUT2D eigenvalue weighted by molar-refractivity contribution is -0.127. The van der Waals surface area contributed by atoms with Gasteiger partial charge in [0.2, 0.25) is 0 Å². The van der Waals surface area contributed by atoms with Crippen LogP contribution in [0.3, 0.4) is 0 Å². The molecule has 2 aromatic carbocycles. The van der Waals surface area contributed by atoms with Gasteiger partial charge in [0.25, 0.3) is 0 Å². The monoisotopic (exact) mass is 572 g/mol. The number of methoxy groups -OCH3 is 1. The molecule has 224 valence electrons.